The van der Waals surface area contributed by atoms with Crippen molar-refractivity contribution in [1.82, 2.24) is 4.98 Å². The molecule has 20 heavy (non-hydrogen) atoms. The van der Waals surface area contributed by atoms with Crippen molar-refractivity contribution in [3.05, 3.63) is 84.8 Å². The predicted octanol–water partition coefficient (Wildman–Crippen LogP) is 4.02. The lowest BCUT2D eigenvalue weighted by atomic mass is 10.2. The van der Waals surface area contributed by atoms with Gasteiger partial charge in [0.1, 0.15) is 0 Å². The molecule has 2 aromatic rings. The van der Waals surface area contributed by atoms with Gasteiger partial charge in [0, 0.05) is 24.0 Å². The van der Waals surface area contributed by atoms with Crippen LogP contribution < -0.4 is 5.32 Å². The highest BCUT2D eigenvalue weighted by Gasteiger charge is 1.97. The fourth-order valence-electron chi connectivity index (χ4n) is 1.70. The van der Waals surface area contributed by atoms with E-state index in [2.05, 4.69) is 16.9 Å². The average Bonchev–Trinajstić information content (AvgIpc) is 2.49. The molecule has 1 aromatic heterocycles. The first-order chi connectivity index (χ1) is 9.75. The number of aromatic nitrogens is 1. The van der Waals surface area contributed by atoms with E-state index in [1.54, 1.807) is 12.3 Å². The van der Waals surface area contributed by atoms with Crippen LogP contribution >= 0.6 is 0 Å². The summed E-state index contributed by atoms with van der Waals surface area (Å²) in [4.78, 5) is 4.13. The molecule has 0 radical (unpaired) electrons. The van der Waals surface area contributed by atoms with Crippen molar-refractivity contribution in [1.29, 1.82) is 5.41 Å². The Labute approximate surface area is 119 Å². The van der Waals surface area contributed by atoms with Crippen LogP contribution in [-0.4, -0.2) is 10.7 Å². The molecule has 0 aliphatic heterocycles. The summed E-state index contributed by atoms with van der Waals surface area (Å²) in [5.41, 5.74) is 2.98. The monoisotopic (exact) mass is 263 g/mol. The van der Waals surface area contributed by atoms with E-state index in [-0.39, 0.29) is 0 Å². The molecule has 0 aliphatic rings. The summed E-state index contributed by atoms with van der Waals surface area (Å²) in [6.45, 7) is 3.97. The molecule has 0 amide bonds. The third kappa shape index (κ3) is 4.21. The first-order valence-electron chi connectivity index (χ1n) is 6.42. The van der Waals surface area contributed by atoms with Gasteiger partial charge in [-0.3, -0.25) is 10.4 Å². The zero-order valence-electron chi connectivity index (χ0n) is 11.2. The van der Waals surface area contributed by atoms with Crippen LogP contribution in [0.25, 0.3) is 0 Å². The van der Waals surface area contributed by atoms with Crippen molar-refractivity contribution >= 4 is 11.4 Å². The molecule has 0 spiro atoms. The highest BCUT2D eigenvalue weighted by Crippen LogP contribution is 2.10. The SMILES string of the molecule is C=C(C/C=C\C(=N)c1ccccn1)Nc1ccccc1. The van der Waals surface area contributed by atoms with Gasteiger partial charge in [-0.25, -0.2) is 0 Å². The molecule has 2 rings (SSSR count). The quantitative estimate of drug-likeness (QED) is 0.773. The maximum Gasteiger partial charge on any atom is 0.0878 e. The van der Waals surface area contributed by atoms with Crippen LogP contribution in [-0.2, 0) is 0 Å². The van der Waals surface area contributed by atoms with E-state index in [0.717, 1.165) is 11.4 Å². The molecule has 1 aromatic carbocycles. The van der Waals surface area contributed by atoms with E-state index < -0.39 is 0 Å². The summed E-state index contributed by atoms with van der Waals surface area (Å²) in [7, 11) is 0. The van der Waals surface area contributed by atoms with Crippen LogP contribution in [0.2, 0.25) is 0 Å². The van der Waals surface area contributed by atoms with E-state index in [4.69, 9.17) is 5.41 Å². The molecule has 0 unspecified atom stereocenters. The van der Waals surface area contributed by atoms with Gasteiger partial charge in [-0.2, -0.15) is 0 Å². The second kappa shape index (κ2) is 7.04. The summed E-state index contributed by atoms with van der Waals surface area (Å²) >= 11 is 0. The van der Waals surface area contributed by atoms with Crippen LogP contribution in [0.15, 0.2) is 79.2 Å². The Bertz CT molecular complexity index is 601. The molecular formula is C17H17N3. The number of nitrogens with one attached hydrogen (secondary N) is 2. The molecule has 0 atom stereocenters. The van der Waals surface area contributed by atoms with Gasteiger partial charge in [-0.15, -0.1) is 0 Å². The first-order valence-corrected chi connectivity index (χ1v) is 6.42. The van der Waals surface area contributed by atoms with Crippen molar-refractivity contribution in [2.45, 2.75) is 6.42 Å². The third-order valence-electron chi connectivity index (χ3n) is 2.68. The molecule has 3 heteroatoms. The minimum absolute atomic E-state index is 0.401. The van der Waals surface area contributed by atoms with Crippen LogP contribution in [0.1, 0.15) is 12.1 Å². The smallest absolute Gasteiger partial charge is 0.0878 e. The molecule has 0 fully saturated rings. The van der Waals surface area contributed by atoms with Crippen LogP contribution in [0, 0.1) is 5.41 Å². The lowest BCUT2D eigenvalue weighted by Crippen LogP contribution is -1.99. The summed E-state index contributed by atoms with van der Waals surface area (Å²) in [6.07, 6.45) is 6.02. The van der Waals surface area contributed by atoms with Crippen LogP contribution in [0.5, 0.6) is 0 Å². The Morgan fingerprint density at radius 1 is 1.15 bits per heavy atom. The summed E-state index contributed by atoms with van der Waals surface area (Å²) < 4.78 is 0. The van der Waals surface area contributed by atoms with Crippen molar-refractivity contribution < 1.29 is 0 Å². The van der Waals surface area contributed by atoms with Gasteiger partial charge in [0.2, 0.25) is 0 Å². The summed E-state index contributed by atoms with van der Waals surface area (Å²) in [5, 5.41) is 11.1. The zero-order chi connectivity index (χ0) is 14.2. The lowest BCUT2D eigenvalue weighted by Gasteiger charge is -2.06. The van der Waals surface area contributed by atoms with E-state index >= 15 is 0 Å². The third-order valence-corrected chi connectivity index (χ3v) is 2.68. The molecule has 100 valence electrons. The van der Waals surface area contributed by atoms with Crippen molar-refractivity contribution in [3.63, 3.8) is 0 Å². The normalized spacial score (nSPS) is 10.4. The first kappa shape index (κ1) is 13.7. The van der Waals surface area contributed by atoms with Gasteiger partial charge in [0.05, 0.1) is 11.4 Å². The number of hydrogen-bond donors (Lipinski definition) is 2. The maximum absolute atomic E-state index is 7.90. The topological polar surface area (TPSA) is 48.8 Å². The largest absolute Gasteiger partial charge is 0.359 e. The van der Waals surface area contributed by atoms with E-state index in [0.29, 0.717) is 17.8 Å². The molecule has 0 saturated carbocycles. The van der Waals surface area contributed by atoms with E-state index in [9.17, 15) is 0 Å². The van der Waals surface area contributed by atoms with Gasteiger partial charge >= 0.3 is 0 Å². The maximum atomic E-state index is 7.90. The van der Waals surface area contributed by atoms with E-state index in [1.165, 1.54) is 0 Å². The average molecular weight is 263 g/mol. The number of para-hydroxylation sites is 1. The molecule has 3 nitrogen and oxygen atoms in total. The second-order valence-electron chi connectivity index (χ2n) is 4.33. The van der Waals surface area contributed by atoms with Crippen molar-refractivity contribution in [3.8, 4) is 0 Å². The van der Waals surface area contributed by atoms with Crippen LogP contribution in [0.3, 0.4) is 0 Å². The van der Waals surface area contributed by atoms with Gasteiger partial charge in [0.25, 0.3) is 0 Å². The van der Waals surface area contributed by atoms with E-state index in [1.807, 2.05) is 54.6 Å². The Hall–Kier alpha value is -2.68. The minimum Gasteiger partial charge on any atom is -0.359 e. The van der Waals surface area contributed by atoms with Gasteiger partial charge in [-0.1, -0.05) is 36.9 Å². The molecule has 0 aliphatic carbocycles. The molecule has 0 bridgehead atoms. The molecular weight excluding hydrogens is 246 g/mol. The van der Waals surface area contributed by atoms with Crippen molar-refractivity contribution in [2.24, 2.45) is 0 Å². The van der Waals surface area contributed by atoms with Crippen LogP contribution in [0.4, 0.5) is 5.69 Å². The number of anilines is 1. The predicted molar refractivity (Wildman–Crippen MR) is 84.0 cm³/mol. The van der Waals surface area contributed by atoms with Gasteiger partial charge < -0.3 is 5.32 Å². The fraction of sp³-hybridized carbons (Fsp3) is 0.0588. The number of benzene rings is 1. The number of allylic oxidation sites excluding steroid dienone is 2. The number of nitrogens with zero attached hydrogens (tertiary/aromatic N) is 1. The highest BCUT2D eigenvalue weighted by molar-refractivity contribution is 6.04. The summed E-state index contributed by atoms with van der Waals surface area (Å²) in [5.74, 6) is 0. The second-order valence-corrected chi connectivity index (χ2v) is 4.33. The number of hydrogen-bond acceptors (Lipinski definition) is 3. The van der Waals surface area contributed by atoms with Gasteiger partial charge in [-0.05, 0) is 30.3 Å². The molecule has 1 heterocycles. The van der Waals surface area contributed by atoms with Crippen molar-refractivity contribution in [2.75, 3.05) is 5.32 Å². The Morgan fingerprint density at radius 3 is 2.60 bits per heavy atom. The lowest BCUT2D eigenvalue weighted by molar-refractivity contribution is 1.22. The summed E-state index contributed by atoms with van der Waals surface area (Å²) in [6, 6.07) is 15.4. The fourth-order valence-corrected chi connectivity index (χ4v) is 1.70. The molecule has 2 N–H and O–H groups in total. The Morgan fingerprint density at radius 2 is 1.90 bits per heavy atom. The minimum atomic E-state index is 0.401. The number of pyridine rings is 1. The molecule has 0 saturated heterocycles. The highest BCUT2D eigenvalue weighted by atomic mass is 14.9. The Kier molecular flexibility index (Phi) is 4.84. The Balaban J connectivity index is 1.84. The standard InChI is InChI=1S/C17H17N3/c1-14(20-15-9-3-2-4-10-15)8-7-11-16(18)17-12-5-6-13-19-17/h2-7,9-13,18,20H,1,8H2/b11-7-,18-16?. The zero-order valence-corrected chi connectivity index (χ0v) is 11.2. The number of rotatable bonds is 6. The van der Waals surface area contributed by atoms with Gasteiger partial charge in [0.15, 0.2) is 0 Å².